The van der Waals surface area contributed by atoms with Crippen molar-refractivity contribution in [3.8, 4) is 0 Å². The first-order valence-electron chi connectivity index (χ1n) is 25.9. The van der Waals surface area contributed by atoms with Gasteiger partial charge in [0.05, 0.1) is 18.2 Å². The van der Waals surface area contributed by atoms with E-state index in [0.29, 0.717) is 44.9 Å². The molecule has 0 aromatic heterocycles. The number of carboxylic acid groups (broad SMARTS) is 1. The Hall–Kier alpha value is -5.62. The fourth-order valence-electron chi connectivity index (χ4n) is 8.20. The van der Waals surface area contributed by atoms with E-state index in [0.717, 1.165) is 0 Å². The number of nitrogens with zero attached hydrogens (tertiary/aromatic N) is 2. The van der Waals surface area contributed by atoms with E-state index in [4.69, 9.17) is 17.2 Å². The number of likely N-dealkylation sites (tertiary alicyclic amines) is 1. The van der Waals surface area contributed by atoms with Crippen molar-refractivity contribution >= 4 is 59.2 Å². The maximum absolute atomic E-state index is 14.2. The van der Waals surface area contributed by atoms with Gasteiger partial charge in [0.1, 0.15) is 48.3 Å². The van der Waals surface area contributed by atoms with Crippen molar-refractivity contribution in [3.05, 3.63) is 0 Å². The van der Waals surface area contributed by atoms with Crippen LogP contribution in [0, 0.1) is 29.6 Å². The topological polar surface area (TPSA) is 392 Å². The van der Waals surface area contributed by atoms with Crippen LogP contribution < -0.4 is 54.4 Å². The van der Waals surface area contributed by atoms with E-state index in [1.807, 2.05) is 6.92 Å². The molecule has 1 heterocycles. The molecule has 15 atom stereocenters. The lowest BCUT2D eigenvalue weighted by Gasteiger charge is -2.32. The smallest absolute Gasteiger partial charge is 0.326 e. The molecule has 1 aliphatic rings. The number of aliphatic hydroxyl groups excluding tert-OH is 2. The second-order valence-electron chi connectivity index (χ2n) is 20.2. The van der Waals surface area contributed by atoms with Gasteiger partial charge in [-0.15, -0.1) is 0 Å². The summed E-state index contributed by atoms with van der Waals surface area (Å²) < 4.78 is 0. The van der Waals surface area contributed by atoms with Gasteiger partial charge in [-0.3, -0.25) is 43.3 Å². The number of nitrogens with two attached hydrogens (primary N) is 3. The number of nitrogens with one attached hydrogen (secondary N) is 7. The highest BCUT2D eigenvalue weighted by Crippen LogP contribution is 2.21. The number of carboxylic acids is 1. The lowest BCUT2D eigenvalue weighted by Crippen LogP contribution is -2.64. The molecule has 1 fully saturated rings. The number of carbonyl (C=O) groups excluding carboxylic acids is 8. The molecule has 1 aliphatic heterocycles. The molecule has 8 amide bonds. The number of guanidine groups is 1. The minimum atomic E-state index is -1.66. The Morgan fingerprint density at radius 3 is 1.37 bits per heavy atom. The van der Waals surface area contributed by atoms with Gasteiger partial charge in [0, 0.05) is 13.1 Å². The van der Waals surface area contributed by atoms with Crippen molar-refractivity contribution in [1.82, 2.24) is 42.1 Å². The van der Waals surface area contributed by atoms with Crippen molar-refractivity contribution in [3.63, 3.8) is 0 Å². The SMILES string of the molecule is CC[C@H](C)[C@H](NC(=O)[C@@H](NC(=O)[C@@H](NC(=O)[C@@H](NC(=O)[C@@H](NC(=O)[C@H](CC(C)C)NC(=O)[C@@H](NC(=O)[C@@H]1CCCN1C(=O)[C@@H](N)CCCN=C(N)N)[C@@H](C)CC)[C@@H](C)O)[C@@H](C)CC)[C@@H](C)CC)[C@@H](C)O)C(=O)O. The van der Waals surface area contributed by atoms with Crippen LogP contribution in [0.1, 0.15) is 141 Å². The number of carbonyl (C=O) groups is 9. The Kier molecular flexibility index (Phi) is 28.5. The maximum Gasteiger partial charge on any atom is 0.326 e. The van der Waals surface area contributed by atoms with Gasteiger partial charge < -0.3 is 74.6 Å². The standard InChI is InChI=1S/C49H90N12O12/c1-13-25(7)34(55-41(65)33-20-18-22-61(33)47(71)31(50)19-17-21-53-49(51)52)42(66)54-32(23-24(5)6)40(64)59-38(29(11)62)45(69)57-35(26(8)14-2)43(67)56-36(27(9)15-3)44(68)60-39(30(12)63)46(70)58-37(48(72)73)28(10)16-4/h24-39,62-63H,13-23,50H2,1-12H3,(H,54,66)(H,55,65)(H,56,67)(H,57,69)(H,58,70)(H,59,64)(H,60,68)(H,72,73)(H4,51,52,53)/t25-,26-,27-,28-,29+,30+,31-,32-,33-,34-,35-,36-,37-,38-,39-/m0/s1. The molecule has 0 saturated carbocycles. The summed E-state index contributed by atoms with van der Waals surface area (Å²) >= 11 is 0. The number of aliphatic imine (C=N–C) groups is 1. The summed E-state index contributed by atoms with van der Waals surface area (Å²) in [5.74, 6) is -9.72. The van der Waals surface area contributed by atoms with Crippen LogP contribution in [0.3, 0.4) is 0 Å². The van der Waals surface area contributed by atoms with Crippen molar-refractivity contribution < 1.29 is 58.5 Å². The van der Waals surface area contributed by atoms with Crippen LogP contribution in [-0.4, -0.2) is 159 Å². The molecule has 418 valence electrons. The van der Waals surface area contributed by atoms with E-state index >= 15 is 0 Å². The van der Waals surface area contributed by atoms with Gasteiger partial charge in [0.2, 0.25) is 47.3 Å². The lowest BCUT2D eigenvalue weighted by molar-refractivity contribution is -0.144. The summed E-state index contributed by atoms with van der Waals surface area (Å²) in [6.45, 7) is 20.5. The minimum Gasteiger partial charge on any atom is -0.480 e. The molecule has 24 nitrogen and oxygen atoms in total. The molecule has 1 saturated heterocycles. The Morgan fingerprint density at radius 1 is 0.575 bits per heavy atom. The van der Waals surface area contributed by atoms with Crippen molar-refractivity contribution in [1.29, 1.82) is 0 Å². The zero-order chi connectivity index (χ0) is 56.0. The molecule has 1 rings (SSSR count). The molecule has 73 heavy (non-hydrogen) atoms. The van der Waals surface area contributed by atoms with Crippen LogP contribution in [-0.2, 0) is 43.2 Å². The molecule has 24 heteroatoms. The number of amides is 8. The van der Waals surface area contributed by atoms with Crippen molar-refractivity contribution in [2.45, 2.75) is 207 Å². The maximum atomic E-state index is 14.2. The van der Waals surface area contributed by atoms with E-state index in [1.165, 1.54) is 18.7 Å². The fraction of sp³-hybridized carbons (Fsp3) is 0.796. The van der Waals surface area contributed by atoms with Crippen molar-refractivity contribution in [2.75, 3.05) is 13.1 Å². The molecular formula is C49H90N12O12. The van der Waals surface area contributed by atoms with Gasteiger partial charge in [-0.1, -0.05) is 94.9 Å². The first-order valence-corrected chi connectivity index (χ1v) is 25.9. The third-order valence-corrected chi connectivity index (χ3v) is 13.7. The average molecular weight is 1040 g/mol. The Bertz CT molecular complexity index is 1880. The Balaban J connectivity index is 3.36. The molecule has 0 radical (unpaired) electrons. The van der Waals surface area contributed by atoms with Crippen LogP contribution in [0.25, 0.3) is 0 Å². The number of aliphatic carboxylic acids is 1. The molecule has 0 aromatic carbocycles. The summed E-state index contributed by atoms with van der Waals surface area (Å²) in [6, 6.07) is -11.4. The summed E-state index contributed by atoms with van der Waals surface area (Å²) in [5, 5.41) is 49.4. The zero-order valence-electron chi connectivity index (χ0n) is 45.2. The summed E-state index contributed by atoms with van der Waals surface area (Å²) in [5.41, 5.74) is 17.0. The second-order valence-corrected chi connectivity index (χ2v) is 20.2. The monoisotopic (exact) mass is 1040 g/mol. The molecule has 0 bridgehead atoms. The van der Waals surface area contributed by atoms with Crippen LogP contribution in [0.2, 0.25) is 0 Å². The van der Waals surface area contributed by atoms with Gasteiger partial charge in [-0.2, -0.15) is 0 Å². The van der Waals surface area contributed by atoms with Gasteiger partial charge in [-0.05, 0) is 75.5 Å². The number of hydrogen-bond acceptors (Lipinski definition) is 13. The first kappa shape index (κ1) is 65.4. The van der Waals surface area contributed by atoms with Crippen LogP contribution >= 0.6 is 0 Å². The number of hydrogen-bond donors (Lipinski definition) is 13. The summed E-state index contributed by atoms with van der Waals surface area (Å²) in [6.07, 6.45) is 0.206. The summed E-state index contributed by atoms with van der Waals surface area (Å²) in [4.78, 5) is 128. The van der Waals surface area contributed by atoms with Crippen LogP contribution in [0.15, 0.2) is 4.99 Å². The third kappa shape index (κ3) is 20.7. The normalized spacial score (nSPS) is 19.3. The van der Waals surface area contributed by atoms with Gasteiger partial charge in [0.15, 0.2) is 5.96 Å². The minimum absolute atomic E-state index is 0.0748. The zero-order valence-corrected chi connectivity index (χ0v) is 45.2. The molecule has 0 unspecified atom stereocenters. The predicted molar refractivity (Wildman–Crippen MR) is 274 cm³/mol. The van der Waals surface area contributed by atoms with E-state index in [1.54, 1.807) is 62.3 Å². The highest BCUT2D eigenvalue weighted by Gasteiger charge is 2.41. The van der Waals surface area contributed by atoms with Crippen LogP contribution in [0.5, 0.6) is 0 Å². The molecular weight excluding hydrogens is 949 g/mol. The second kappa shape index (κ2) is 31.9. The number of aliphatic hydroxyl groups is 2. The summed E-state index contributed by atoms with van der Waals surface area (Å²) in [7, 11) is 0. The third-order valence-electron chi connectivity index (χ3n) is 13.7. The Labute approximate surface area is 431 Å². The quantitative estimate of drug-likeness (QED) is 0.0215. The van der Waals surface area contributed by atoms with E-state index in [9.17, 15) is 58.5 Å². The molecule has 0 spiro atoms. The number of rotatable bonds is 32. The van der Waals surface area contributed by atoms with Crippen molar-refractivity contribution in [2.24, 2.45) is 51.8 Å². The van der Waals surface area contributed by atoms with Gasteiger partial charge >= 0.3 is 5.97 Å². The Morgan fingerprint density at radius 2 is 0.959 bits per heavy atom. The lowest BCUT2D eigenvalue weighted by atomic mass is 9.94. The highest BCUT2D eigenvalue weighted by molar-refractivity contribution is 5.98. The molecule has 16 N–H and O–H groups in total. The average Bonchev–Trinajstić information content (AvgIpc) is 3.83. The van der Waals surface area contributed by atoms with E-state index in [2.05, 4.69) is 42.2 Å². The largest absolute Gasteiger partial charge is 0.480 e. The highest BCUT2D eigenvalue weighted by atomic mass is 16.4. The molecule has 0 aromatic rings. The van der Waals surface area contributed by atoms with Gasteiger partial charge in [-0.25, -0.2) is 4.79 Å². The van der Waals surface area contributed by atoms with E-state index in [-0.39, 0.29) is 37.8 Å². The predicted octanol–water partition coefficient (Wildman–Crippen LogP) is -1.17. The fourth-order valence-corrected chi connectivity index (χ4v) is 8.20. The van der Waals surface area contributed by atoms with Gasteiger partial charge in [0.25, 0.3) is 0 Å². The molecule has 0 aliphatic carbocycles. The first-order chi connectivity index (χ1) is 34.1. The van der Waals surface area contributed by atoms with Crippen LogP contribution in [0.4, 0.5) is 0 Å². The van der Waals surface area contributed by atoms with E-state index < -0.39 is 143 Å².